The van der Waals surface area contributed by atoms with Gasteiger partial charge < -0.3 is 0 Å². The fourth-order valence-electron chi connectivity index (χ4n) is 1.90. The molecular weight excluding hydrogens is 220 g/mol. The zero-order valence-corrected chi connectivity index (χ0v) is 12.1. The maximum atomic E-state index is 8.68. The van der Waals surface area contributed by atoms with Gasteiger partial charge in [0.1, 0.15) is 0 Å². The van der Waals surface area contributed by atoms with Gasteiger partial charge in [0, 0.05) is 12.1 Å². The fourth-order valence-corrected chi connectivity index (χ4v) is 1.90. The molecule has 0 amide bonds. The van der Waals surface area contributed by atoms with Crippen molar-refractivity contribution in [3.63, 3.8) is 0 Å². The lowest BCUT2D eigenvalue weighted by atomic mass is 9.98. The third kappa shape index (κ3) is 6.42. The van der Waals surface area contributed by atoms with Crippen LogP contribution >= 0.6 is 0 Å². The highest BCUT2D eigenvalue weighted by Crippen LogP contribution is 2.17. The summed E-state index contributed by atoms with van der Waals surface area (Å²) in [7, 11) is 0. The van der Waals surface area contributed by atoms with Crippen molar-refractivity contribution >= 4 is 0 Å². The van der Waals surface area contributed by atoms with E-state index in [-0.39, 0.29) is 0 Å². The Hall–Kier alpha value is -1.33. The number of likely N-dealkylation sites (tertiary alicyclic amines) is 1. The van der Waals surface area contributed by atoms with Crippen molar-refractivity contribution in [1.82, 2.24) is 4.90 Å². The first kappa shape index (κ1) is 16.7. The van der Waals surface area contributed by atoms with Gasteiger partial charge in [0.15, 0.2) is 0 Å². The molecule has 18 heavy (non-hydrogen) atoms. The summed E-state index contributed by atoms with van der Waals surface area (Å²) < 4.78 is 0. The number of hydrogen-bond donors (Lipinski definition) is 0. The average molecular weight is 246 g/mol. The maximum Gasteiger partial charge on any atom is 0.0985 e. The van der Waals surface area contributed by atoms with Gasteiger partial charge in [-0.05, 0) is 43.5 Å². The molecule has 2 nitrogen and oxygen atoms in total. The molecule has 0 radical (unpaired) electrons. The highest BCUT2D eigenvalue weighted by Gasteiger charge is 2.15. The summed E-state index contributed by atoms with van der Waals surface area (Å²) in [6, 6.07) is 2.04. The van der Waals surface area contributed by atoms with E-state index in [0.29, 0.717) is 5.57 Å². The lowest BCUT2D eigenvalue weighted by molar-refractivity contribution is 0.207. The first-order valence-electron chi connectivity index (χ1n) is 6.80. The summed E-state index contributed by atoms with van der Waals surface area (Å²) >= 11 is 0. The molecule has 0 atom stereocenters. The molecule has 1 saturated heterocycles. The Morgan fingerprint density at radius 3 is 2.39 bits per heavy atom. The van der Waals surface area contributed by atoms with Crippen molar-refractivity contribution in [3.05, 3.63) is 36.5 Å². The van der Waals surface area contributed by atoms with E-state index >= 15 is 0 Å². The Morgan fingerprint density at radius 1 is 1.39 bits per heavy atom. The van der Waals surface area contributed by atoms with E-state index in [1.807, 2.05) is 32.1 Å². The second-order valence-electron chi connectivity index (χ2n) is 4.52. The van der Waals surface area contributed by atoms with Crippen LogP contribution in [0.2, 0.25) is 0 Å². The first-order valence-corrected chi connectivity index (χ1v) is 6.80. The molecule has 0 unspecified atom stereocenters. The molecule has 2 heteroatoms. The summed E-state index contributed by atoms with van der Waals surface area (Å²) in [5, 5.41) is 8.68. The minimum absolute atomic E-state index is 0.500. The van der Waals surface area contributed by atoms with Gasteiger partial charge in [-0.2, -0.15) is 5.26 Å². The molecule has 0 aromatic rings. The van der Waals surface area contributed by atoms with Crippen molar-refractivity contribution < 1.29 is 0 Å². The summed E-state index contributed by atoms with van der Waals surface area (Å²) in [5.41, 5.74) is 1.58. The van der Waals surface area contributed by atoms with E-state index in [0.717, 1.165) is 31.1 Å². The predicted octanol–water partition coefficient (Wildman–Crippen LogP) is 3.94. The summed E-state index contributed by atoms with van der Waals surface area (Å²) in [6.45, 7) is 16.9. The van der Waals surface area contributed by atoms with Crippen LogP contribution in [-0.4, -0.2) is 24.5 Å². The molecule has 0 spiro atoms. The number of hydrogen-bond acceptors (Lipinski definition) is 2. The predicted molar refractivity (Wildman–Crippen MR) is 79.2 cm³/mol. The zero-order valence-electron chi connectivity index (χ0n) is 12.1. The lowest BCUT2D eigenvalue weighted by Gasteiger charge is -2.30. The van der Waals surface area contributed by atoms with Crippen LogP contribution in [0.4, 0.5) is 0 Å². The Kier molecular flexibility index (Phi) is 8.96. The van der Waals surface area contributed by atoms with Crippen LogP contribution in [0.25, 0.3) is 0 Å². The van der Waals surface area contributed by atoms with E-state index in [1.165, 1.54) is 12.8 Å². The minimum Gasteiger partial charge on any atom is -0.299 e. The van der Waals surface area contributed by atoms with Gasteiger partial charge in [-0.25, -0.2) is 0 Å². The molecular formula is C16H26N2. The van der Waals surface area contributed by atoms with Gasteiger partial charge in [-0.1, -0.05) is 40.0 Å². The van der Waals surface area contributed by atoms with Crippen molar-refractivity contribution in [1.29, 1.82) is 5.26 Å². The van der Waals surface area contributed by atoms with Gasteiger partial charge in [0.2, 0.25) is 0 Å². The van der Waals surface area contributed by atoms with E-state index < -0.39 is 0 Å². The summed E-state index contributed by atoms with van der Waals surface area (Å²) in [6.07, 6.45) is 6.18. The molecule has 0 aliphatic carbocycles. The quantitative estimate of drug-likeness (QED) is 0.555. The monoisotopic (exact) mass is 246 g/mol. The molecule has 0 bridgehead atoms. The van der Waals surface area contributed by atoms with Crippen molar-refractivity contribution in [2.24, 2.45) is 5.92 Å². The van der Waals surface area contributed by atoms with Crippen LogP contribution in [0.1, 0.15) is 33.6 Å². The van der Waals surface area contributed by atoms with Crippen LogP contribution in [0.3, 0.4) is 0 Å². The van der Waals surface area contributed by atoms with E-state index in [4.69, 9.17) is 5.26 Å². The molecule has 0 saturated carbocycles. The zero-order chi connectivity index (χ0) is 14.0. The summed E-state index contributed by atoms with van der Waals surface area (Å²) in [4.78, 5) is 2.41. The molecule has 1 fully saturated rings. The van der Waals surface area contributed by atoms with E-state index in [1.54, 1.807) is 0 Å². The normalized spacial score (nSPS) is 17.3. The van der Waals surface area contributed by atoms with Gasteiger partial charge in [-0.3, -0.25) is 4.90 Å². The van der Waals surface area contributed by atoms with Gasteiger partial charge in [0.05, 0.1) is 6.07 Å². The third-order valence-corrected chi connectivity index (χ3v) is 3.05. The molecule has 1 aliphatic heterocycles. The first-order chi connectivity index (χ1) is 8.65. The molecule has 0 aromatic carbocycles. The molecule has 1 heterocycles. The second kappa shape index (κ2) is 9.67. The summed E-state index contributed by atoms with van der Waals surface area (Å²) in [5.74, 6) is 0.849. The topological polar surface area (TPSA) is 27.0 Å². The SMILES string of the molecule is C=C/C(=C\C(=C)C#N)CN1CCC(C)CC1.CC. The van der Waals surface area contributed by atoms with Crippen LogP contribution < -0.4 is 0 Å². The standard InChI is InChI=1S/C14H20N2.C2H6/c1-4-14(9-13(3)10-15)11-16-7-5-12(2)6-8-16;1-2/h4,9,12H,1,3,5-8,11H2,2H3;1-2H3/b14-9+;. The number of nitriles is 1. The molecule has 0 N–H and O–H groups in total. The van der Waals surface area contributed by atoms with Gasteiger partial charge in [0.25, 0.3) is 0 Å². The Morgan fingerprint density at radius 2 is 1.94 bits per heavy atom. The molecule has 0 aromatic heterocycles. The van der Waals surface area contributed by atoms with Crippen molar-refractivity contribution in [2.75, 3.05) is 19.6 Å². The maximum absolute atomic E-state index is 8.68. The Balaban J connectivity index is 0.00000137. The number of piperidine rings is 1. The smallest absolute Gasteiger partial charge is 0.0985 e. The van der Waals surface area contributed by atoms with Crippen LogP contribution in [0.15, 0.2) is 36.5 Å². The van der Waals surface area contributed by atoms with Crippen LogP contribution in [0.5, 0.6) is 0 Å². The molecule has 1 rings (SSSR count). The molecule has 1 aliphatic rings. The highest BCUT2D eigenvalue weighted by molar-refractivity contribution is 5.36. The Bertz CT molecular complexity index is 325. The van der Waals surface area contributed by atoms with Crippen LogP contribution in [-0.2, 0) is 0 Å². The second-order valence-corrected chi connectivity index (χ2v) is 4.52. The number of allylic oxidation sites excluding steroid dienone is 2. The minimum atomic E-state index is 0.500. The Labute approximate surface area is 112 Å². The fraction of sp³-hybridized carbons (Fsp3) is 0.562. The number of nitrogens with zero attached hydrogens (tertiary/aromatic N) is 2. The van der Waals surface area contributed by atoms with Gasteiger partial charge in [-0.15, -0.1) is 0 Å². The van der Waals surface area contributed by atoms with Crippen molar-refractivity contribution in [2.45, 2.75) is 33.6 Å². The van der Waals surface area contributed by atoms with Crippen LogP contribution in [0, 0.1) is 17.2 Å². The average Bonchev–Trinajstić information content (AvgIpc) is 2.42. The highest BCUT2D eigenvalue weighted by atomic mass is 15.1. The van der Waals surface area contributed by atoms with E-state index in [9.17, 15) is 0 Å². The van der Waals surface area contributed by atoms with E-state index in [2.05, 4.69) is 25.0 Å². The van der Waals surface area contributed by atoms with Gasteiger partial charge >= 0.3 is 0 Å². The van der Waals surface area contributed by atoms with Crippen molar-refractivity contribution in [3.8, 4) is 6.07 Å². The lowest BCUT2D eigenvalue weighted by Crippen LogP contribution is -2.34. The third-order valence-electron chi connectivity index (χ3n) is 3.05. The number of rotatable bonds is 4. The molecule has 100 valence electrons. The largest absolute Gasteiger partial charge is 0.299 e.